The predicted octanol–water partition coefficient (Wildman–Crippen LogP) is 3.52. The van der Waals surface area contributed by atoms with E-state index in [0.29, 0.717) is 18.7 Å². The third-order valence-corrected chi connectivity index (χ3v) is 5.23. The molecule has 0 aromatic carbocycles. The van der Waals surface area contributed by atoms with E-state index in [1.807, 2.05) is 16.8 Å². The van der Waals surface area contributed by atoms with Gasteiger partial charge in [-0.15, -0.1) is 11.3 Å². The van der Waals surface area contributed by atoms with Crippen molar-refractivity contribution < 1.29 is 4.79 Å². The number of hydrogen-bond acceptors (Lipinski definition) is 5. The maximum absolute atomic E-state index is 12.8. The number of fused-ring (bicyclic) bond motifs is 1. The summed E-state index contributed by atoms with van der Waals surface area (Å²) in [5.41, 5.74) is 7.69. The van der Waals surface area contributed by atoms with Crippen LogP contribution in [-0.2, 0) is 0 Å². The summed E-state index contributed by atoms with van der Waals surface area (Å²) in [6, 6.07) is 6.16. The van der Waals surface area contributed by atoms with Crippen LogP contribution in [0.15, 0.2) is 24.4 Å². The topological polar surface area (TPSA) is 85.8 Å². The number of thiophene rings is 1. The lowest BCUT2D eigenvalue weighted by atomic mass is 10.1. The molecular weight excluding hydrogens is 346 g/mol. The number of aromatic nitrogens is 3. The number of carbonyl (C=O) groups excluding carboxylic acids is 1. The Morgan fingerprint density at radius 3 is 2.81 bits per heavy atom. The summed E-state index contributed by atoms with van der Waals surface area (Å²) >= 11 is 1.67. The highest BCUT2D eigenvalue weighted by molar-refractivity contribution is 7.15. The number of hydrogen-bond donors (Lipinski definition) is 2. The number of nitrogens with two attached hydrogens (primary N) is 1. The lowest BCUT2D eigenvalue weighted by Crippen LogP contribution is -2.25. The van der Waals surface area contributed by atoms with Crippen LogP contribution in [0.3, 0.4) is 0 Å². The molecular formula is C19H25N5OS. The molecule has 3 heterocycles. The van der Waals surface area contributed by atoms with Gasteiger partial charge in [-0.25, -0.2) is 9.67 Å². The van der Waals surface area contributed by atoms with E-state index in [9.17, 15) is 4.79 Å². The average molecular weight is 372 g/mol. The molecule has 0 unspecified atom stereocenters. The molecule has 3 aromatic rings. The van der Waals surface area contributed by atoms with Crippen molar-refractivity contribution >= 4 is 28.3 Å². The van der Waals surface area contributed by atoms with Gasteiger partial charge in [0.05, 0.1) is 27.7 Å². The van der Waals surface area contributed by atoms with Gasteiger partial charge in [0.25, 0.3) is 5.91 Å². The van der Waals surface area contributed by atoms with Crippen LogP contribution in [0.1, 0.15) is 48.0 Å². The van der Waals surface area contributed by atoms with E-state index in [-0.39, 0.29) is 11.9 Å². The van der Waals surface area contributed by atoms with Gasteiger partial charge in [0.1, 0.15) is 0 Å². The van der Waals surface area contributed by atoms with Crippen LogP contribution in [0.5, 0.6) is 0 Å². The van der Waals surface area contributed by atoms with Crippen molar-refractivity contribution in [2.45, 2.75) is 39.7 Å². The standard InChI is InChI=1S/C19H25N5OS/c1-12(2)24-18-15(11-22-24)14(19(25)21-9-5-4-8-20)10-16(23-18)17-7-6-13(3)26-17/h6-7,10-12H,4-5,8-9,20H2,1-3H3,(H,21,25). The highest BCUT2D eigenvalue weighted by Crippen LogP contribution is 2.30. The second-order valence-corrected chi connectivity index (χ2v) is 7.93. The Labute approximate surface area is 157 Å². The zero-order valence-corrected chi connectivity index (χ0v) is 16.3. The molecule has 0 saturated heterocycles. The Bertz CT molecular complexity index is 912. The number of nitrogens with zero attached hydrogens (tertiary/aromatic N) is 3. The van der Waals surface area contributed by atoms with E-state index < -0.39 is 0 Å². The molecule has 3 rings (SSSR count). The van der Waals surface area contributed by atoms with Gasteiger partial charge in [0, 0.05) is 17.5 Å². The Kier molecular flexibility index (Phi) is 5.68. The molecule has 0 radical (unpaired) electrons. The van der Waals surface area contributed by atoms with Crippen molar-refractivity contribution in [3.63, 3.8) is 0 Å². The molecule has 0 aliphatic rings. The second-order valence-electron chi connectivity index (χ2n) is 6.64. The molecule has 6 nitrogen and oxygen atoms in total. The molecule has 1 amide bonds. The first-order chi connectivity index (χ1) is 12.5. The lowest BCUT2D eigenvalue weighted by molar-refractivity contribution is 0.0954. The van der Waals surface area contributed by atoms with Gasteiger partial charge in [0.15, 0.2) is 5.65 Å². The van der Waals surface area contributed by atoms with Crippen LogP contribution in [-0.4, -0.2) is 33.8 Å². The van der Waals surface area contributed by atoms with Crippen LogP contribution in [0, 0.1) is 6.92 Å². The number of amides is 1. The second kappa shape index (κ2) is 7.97. The summed E-state index contributed by atoms with van der Waals surface area (Å²) in [7, 11) is 0. The third kappa shape index (κ3) is 3.78. The third-order valence-electron chi connectivity index (χ3n) is 4.21. The van der Waals surface area contributed by atoms with E-state index >= 15 is 0 Å². The quantitative estimate of drug-likeness (QED) is 0.622. The van der Waals surface area contributed by atoms with Gasteiger partial charge in [0.2, 0.25) is 0 Å². The summed E-state index contributed by atoms with van der Waals surface area (Å²) in [6.07, 6.45) is 3.51. The van der Waals surface area contributed by atoms with E-state index in [0.717, 1.165) is 34.4 Å². The molecule has 0 spiro atoms. The summed E-state index contributed by atoms with van der Waals surface area (Å²) in [6.45, 7) is 7.44. The average Bonchev–Trinajstić information content (AvgIpc) is 3.23. The Hall–Kier alpha value is -2.25. The number of nitrogens with one attached hydrogen (secondary N) is 1. The van der Waals surface area contributed by atoms with Gasteiger partial charge < -0.3 is 11.1 Å². The fourth-order valence-electron chi connectivity index (χ4n) is 2.85. The minimum Gasteiger partial charge on any atom is -0.352 e. The van der Waals surface area contributed by atoms with Gasteiger partial charge in [-0.1, -0.05) is 0 Å². The Morgan fingerprint density at radius 1 is 1.35 bits per heavy atom. The molecule has 3 aromatic heterocycles. The summed E-state index contributed by atoms with van der Waals surface area (Å²) in [4.78, 5) is 19.9. The zero-order valence-electron chi connectivity index (χ0n) is 15.5. The van der Waals surface area contributed by atoms with Crippen molar-refractivity contribution in [1.82, 2.24) is 20.1 Å². The van der Waals surface area contributed by atoms with Crippen LogP contribution in [0.2, 0.25) is 0 Å². The first-order valence-corrected chi connectivity index (χ1v) is 9.76. The van der Waals surface area contributed by atoms with Gasteiger partial charge in [-0.05, 0) is 58.4 Å². The van der Waals surface area contributed by atoms with Crippen LogP contribution in [0.25, 0.3) is 21.6 Å². The summed E-state index contributed by atoms with van der Waals surface area (Å²) in [5.74, 6) is -0.0905. The molecule has 0 aliphatic heterocycles. The zero-order chi connectivity index (χ0) is 18.7. The molecule has 0 saturated carbocycles. The fraction of sp³-hybridized carbons (Fsp3) is 0.421. The summed E-state index contributed by atoms with van der Waals surface area (Å²) < 4.78 is 1.87. The molecule has 0 aliphatic carbocycles. The SMILES string of the molecule is Cc1ccc(-c2cc(C(=O)NCCCCN)c3cnn(C(C)C)c3n2)s1. The Balaban J connectivity index is 2.04. The lowest BCUT2D eigenvalue weighted by Gasteiger charge is -2.10. The van der Waals surface area contributed by atoms with Crippen LogP contribution < -0.4 is 11.1 Å². The van der Waals surface area contributed by atoms with Gasteiger partial charge in [-0.2, -0.15) is 5.10 Å². The molecule has 0 bridgehead atoms. The highest BCUT2D eigenvalue weighted by Gasteiger charge is 2.18. The molecule has 3 N–H and O–H groups in total. The van der Waals surface area contributed by atoms with E-state index in [1.165, 1.54) is 4.88 Å². The van der Waals surface area contributed by atoms with E-state index in [2.05, 4.69) is 37.3 Å². The molecule has 0 fully saturated rings. The molecule has 7 heteroatoms. The largest absolute Gasteiger partial charge is 0.352 e. The van der Waals surface area contributed by atoms with E-state index in [4.69, 9.17) is 10.7 Å². The number of carbonyl (C=O) groups is 1. The number of unbranched alkanes of at least 4 members (excludes halogenated alkanes) is 1. The fourth-order valence-corrected chi connectivity index (χ4v) is 3.68. The van der Waals surface area contributed by atoms with Gasteiger partial charge >= 0.3 is 0 Å². The molecule has 0 atom stereocenters. The van der Waals surface area contributed by atoms with Crippen molar-refractivity contribution in [3.05, 3.63) is 34.8 Å². The maximum Gasteiger partial charge on any atom is 0.252 e. The molecule has 26 heavy (non-hydrogen) atoms. The number of rotatable bonds is 7. The monoisotopic (exact) mass is 371 g/mol. The highest BCUT2D eigenvalue weighted by atomic mass is 32.1. The number of pyridine rings is 1. The van der Waals surface area contributed by atoms with Crippen molar-refractivity contribution in [3.8, 4) is 10.6 Å². The van der Waals surface area contributed by atoms with E-state index in [1.54, 1.807) is 17.5 Å². The normalized spacial score (nSPS) is 11.4. The van der Waals surface area contributed by atoms with Crippen LogP contribution in [0.4, 0.5) is 0 Å². The molecule has 138 valence electrons. The predicted molar refractivity (Wildman–Crippen MR) is 107 cm³/mol. The minimum atomic E-state index is -0.0905. The van der Waals surface area contributed by atoms with Crippen molar-refractivity contribution in [2.75, 3.05) is 13.1 Å². The van der Waals surface area contributed by atoms with Crippen molar-refractivity contribution in [1.29, 1.82) is 0 Å². The maximum atomic E-state index is 12.8. The first-order valence-electron chi connectivity index (χ1n) is 8.94. The number of aryl methyl sites for hydroxylation is 1. The van der Waals surface area contributed by atoms with Crippen LogP contribution >= 0.6 is 11.3 Å². The smallest absolute Gasteiger partial charge is 0.252 e. The first kappa shape index (κ1) is 18.5. The summed E-state index contributed by atoms with van der Waals surface area (Å²) in [5, 5.41) is 8.23. The van der Waals surface area contributed by atoms with Gasteiger partial charge in [-0.3, -0.25) is 4.79 Å². The Morgan fingerprint density at radius 2 is 2.15 bits per heavy atom. The minimum absolute atomic E-state index is 0.0905. The van der Waals surface area contributed by atoms with Crippen molar-refractivity contribution in [2.24, 2.45) is 5.73 Å².